The van der Waals surface area contributed by atoms with E-state index >= 15 is 0 Å². The highest BCUT2D eigenvalue weighted by atomic mass is 16.5. The Balaban J connectivity index is 1.28. The van der Waals surface area contributed by atoms with E-state index in [0.29, 0.717) is 18.3 Å². The number of rotatable bonds is 5. The third-order valence-corrected chi connectivity index (χ3v) is 7.16. The molecule has 3 aromatic rings. The van der Waals surface area contributed by atoms with Crippen molar-refractivity contribution in [1.29, 1.82) is 0 Å². The highest BCUT2D eigenvalue weighted by Crippen LogP contribution is 2.45. The molecule has 4 heterocycles. The van der Waals surface area contributed by atoms with Crippen molar-refractivity contribution in [2.24, 2.45) is 0 Å². The molecule has 8 heteroatoms. The standard InChI is InChI=1S/C27H30N6O2/c1-19-11-13-29-26-24(19)32(27(34)23-4-3-12-28-25(23)33(26)21-5-6-21)18-30-14-16-31(17-15-30)20-7-9-22(35-2)10-8-20/h3-4,7-13,21H,5-6,14-18H2,1-2H3. The first-order valence-corrected chi connectivity index (χ1v) is 12.3. The van der Waals surface area contributed by atoms with Crippen molar-refractivity contribution in [2.75, 3.05) is 54.7 Å². The Bertz CT molecular complexity index is 1230. The van der Waals surface area contributed by atoms with E-state index < -0.39 is 0 Å². The molecule has 1 saturated carbocycles. The molecule has 2 aromatic heterocycles. The van der Waals surface area contributed by atoms with Crippen molar-refractivity contribution in [3.05, 3.63) is 66.0 Å². The molecule has 1 saturated heterocycles. The summed E-state index contributed by atoms with van der Waals surface area (Å²) >= 11 is 0. The van der Waals surface area contributed by atoms with E-state index in [2.05, 4.69) is 38.7 Å². The topological polar surface area (TPSA) is 65.0 Å². The fourth-order valence-corrected chi connectivity index (χ4v) is 5.10. The minimum Gasteiger partial charge on any atom is -0.497 e. The molecule has 2 aliphatic heterocycles. The first-order chi connectivity index (χ1) is 17.1. The Labute approximate surface area is 205 Å². The number of hydrogen-bond acceptors (Lipinski definition) is 7. The van der Waals surface area contributed by atoms with E-state index in [-0.39, 0.29) is 5.91 Å². The average molecular weight is 471 g/mol. The summed E-state index contributed by atoms with van der Waals surface area (Å²) in [5.74, 6) is 2.43. The van der Waals surface area contributed by atoms with Crippen LogP contribution in [0.5, 0.6) is 5.75 Å². The lowest BCUT2D eigenvalue weighted by Crippen LogP contribution is -2.51. The van der Waals surface area contributed by atoms with Crippen LogP contribution in [0.2, 0.25) is 0 Å². The van der Waals surface area contributed by atoms with E-state index in [4.69, 9.17) is 9.72 Å². The van der Waals surface area contributed by atoms with Gasteiger partial charge in [-0.3, -0.25) is 14.6 Å². The van der Waals surface area contributed by atoms with Crippen LogP contribution in [0.1, 0.15) is 28.8 Å². The lowest BCUT2D eigenvalue weighted by molar-refractivity contribution is 0.0966. The number of fused-ring (bicyclic) bond motifs is 2. The lowest BCUT2D eigenvalue weighted by Gasteiger charge is -2.38. The predicted octanol–water partition coefficient (Wildman–Crippen LogP) is 3.83. The summed E-state index contributed by atoms with van der Waals surface area (Å²) in [4.78, 5) is 32.2. The number of pyridine rings is 2. The van der Waals surface area contributed by atoms with Crippen molar-refractivity contribution in [3.8, 4) is 5.75 Å². The first-order valence-electron chi connectivity index (χ1n) is 12.3. The second-order valence-corrected chi connectivity index (χ2v) is 9.45. The summed E-state index contributed by atoms with van der Waals surface area (Å²) in [5.41, 5.74) is 3.80. The van der Waals surface area contributed by atoms with Crippen LogP contribution in [0.15, 0.2) is 54.9 Å². The molecule has 3 aliphatic rings. The second-order valence-electron chi connectivity index (χ2n) is 9.45. The molecule has 0 bridgehead atoms. The summed E-state index contributed by atoms with van der Waals surface area (Å²) in [6, 6.07) is 14.3. The summed E-state index contributed by atoms with van der Waals surface area (Å²) in [6.45, 7) is 6.14. The van der Waals surface area contributed by atoms with Crippen LogP contribution in [-0.2, 0) is 0 Å². The number of aromatic nitrogens is 2. The van der Waals surface area contributed by atoms with Crippen LogP contribution < -0.4 is 19.4 Å². The number of ether oxygens (including phenoxy) is 1. The van der Waals surface area contributed by atoms with Crippen LogP contribution in [-0.4, -0.2) is 66.8 Å². The third kappa shape index (κ3) is 3.97. The third-order valence-electron chi connectivity index (χ3n) is 7.16. The van der Waals surface area contributed by atoms with Crippen LogP contribution in [0, 0.1) is 6.92 Å². The number of nitrogens with zero attached hydrogens (tertiary/aromatic N) is 6. The van der Waals surface area contributed by atoms with Gasteiger partial charge in [-0.25, -0.2) is 9.97 Å². The van der Waals surface area contributed by atoms with Gasteiger partial charge >= 0.3 is 0 Å². The molecular weight excluding hydrogens is 440 g/mol. The number of carbonyl (C=O) groups is 1. The van der Waals surface area contributed by atoms with Crippen LogP contribution in [0.3, 0.4) is 0 Å². The second kappa shape index (κ2) is 8.85. The zero-order valence-corrected chi connectivity index (χ0v) is 20.2. The molecule has 0 radical (unpaired) electrons. The zero-order valence-electron chi connectivity index (χ0n) is 20.2. The Kier molecular flexibility index (Phi) is 5.53. The van der Waals surface area contributed by atoms with E-state index in [9.17, 15) is 4.79 Å². The highest BCUT2D eigenvalue weighted by Gasteiger charge is 2.41. The number of hydrogen-bond donors (Lipinski definition) is 0. The quantitative estimate of drug-likeness (QED) is 0.561. The fraction of sp³-hybridized carbons (Fsp3) is 0.370. The normalized spacial score (nSPS) is 18.2. The van der Waals surface area contributed by atoms with Gasteiger partial charge in [-0.1, -0.05) is 0 Å². The predicted molar refractivity (Wildman–Crippen MR) is 137 cm³/mol. The van der Waals surface area contributed by atoms with Gasteiger partial charge < -0.3 is 14.5 Å². The number of methoxy groups -OCH3 is 1. The molecule has 1 amide bonds. The molecular formula is C27H30N6O2. The molecule has 0 atom stereocenters. The number of amides is 1. The van der Waals surface area contributed by atoms with Gasteiger partial charge in [0.15, 0.2) is 5.82 Å². The molecule has 0 spiro atoms. The van der Waals surface area contributed by atoms with E-state index in [1.165, 1.54) is 5.69 Å². The minimum atomic E-state index is -0.00816. The van der Waals surface area contributed by atoms with Gasteiger partial charge in [0.2, 0.25) is 0 Å². The van der Waals surface area contributed by atoms with Gasteiger partial charge in [-0.05, 0) is 67.8 Å². The van der Waals surface area contributed by atoms with Gasteiger partial charge in [-0.15, -0.1) is 0 Å². The Hall–Kier alpha value is -3.65. The Morgan fingerprint density at radius 2 is 1.69 bits per heavy atom. The molecule has 8 nitrogen and oxygen atoms in total. The largest absolute Gasteiger partial charge is 0.497 e. The number of carbonyl (C=O) groups excluding carboxylic acids is 1. The molecule has 2 fully saturated rings. The molecule has 1 aliphatic carbocycles. The van der Waals surface area contributed by atoms with Gasteiger partial charge in [0.05, 0.1) is 25.0 Å². The number of piperazine rings is 1. The number of aryl methyl sites for hydroxylation is 1. The van der Waals surface area contributed by atoms with Crippen molar-refractivity contribution >= 4 is 28.9 Å². The van der Waals surface area contributed by atoms with Gasteiger partial charge in [0.1, 0.15) is 11.6 Å². The van der Waals surface area contributed by atoms with Gasteiger partial charge in [-0.2, -0.15) is 0 Å². The van der Waals surface area contributed by atoms with Crippen LogP contribution in [0.25, 0.3) is 0 Å². The van der Waals surface area contributed by atoms with Crippen molar-refractivity contribution in [2.45, 2.75) is 25.8 Å². The maximum absolute atomic E-state index is 13.9. The molecule has 6 rings (SSSR count). The smallest absolute Gasteiger partial charge is 0.263 e. The van der Waals surface area contributed by atoms with Crippen molar-refractivity contribution in [1.82, 2.24) is 14.9 Å². The molecule has 35 heavy (non-hydrogen) atoms. The molecule has 180 valence electrons. The van der Waals surface area contributed by atoms with Crippen LogP contribution in [0.4, 0.5) is 23.0 Å². The zero-order chi connectivity index (χ0) is 23.9. The SMILES string of the molecule is COc1ccc(N2CCN(CN3C(=O)c4cccnc4N(C4CC4)c4nccc(C)c43)CC2)cc1. The molecule has 1 aromatic carbocycles. The maximum atomic E-state index is 13.9. The maximum Gasteiger partial charge on any atom is 0.263 e. The molecule has 0 unspecified atom stereocenters. The van der Waals surface area contributed by atoms with Crippen molar-refractivity contribution in [3.63, 3.8) is 0 Å². The number of benzene rings is 1. The summed E-state index contributed by atoms with van der Waals surface area (Å²) < 4.78 is 5.29. The highest BCUT2D eigenvalue weighted by molar-refractivity contribution is 6.13. The lowest BCUT2D eigenvalue weighted by atomic mass is 10.2. The number of anilines is 4. The fourth-order valence-electron chi connectivity index (χ4n) is 5.10. The minimum absolute atomic E-state index is 0.00816. The molecule has 0 N–H and O–H groups in total. The van der Waals surface area contributed by atoms with Crippen LogP contribution >= 0.6 is 0 Å². The first kappa shape index (κ1) is 21.9. The van der Waals surface area contributed by atoms with Crippen molar-refractivity contribution < 1.29 is 9.53 Å². The van der Waals surface area contributed by atoms with E-state index in [1.807, 2.05) is 41.4 Å². The van der Waals surface area contributed by atoms with Gasteiger partial charge in [0.25, 0.3) is 5.91 Å². The average Bonchev–Trinajstić information content (AvgIpc) is 3.74. The monoisotopic (exact) mass is 470 g/mol. The van der Waals surface area contributed by atoms with E-state index in [0.717, 1.165) is 67.7 Å². The summed E-state index contributed by atoms with van der Waals surface area (Å²) in [5, 5.41) is 0. The Morgan fingerprint density at radius 1 is 0.943 bits per heavy atom. The Morgan fingerprint density at radius 3 is 2.40 bits per heavy atom. The summed E-state index contributed by atoms with van der Waals surface area (Å²) in [7, 11) is 1.69. The van der Waals surface area contributed by atoms with Gasteiger partial charge in [0, 0.05) is 50.3 Å². The van der Waals surface area contributed by atoms with E-state index in [1.54, 1.807) is 13.3 Å². The summed E-state index contributed by atoms with van der Waals surface area (Å²) in [6.07, 6.45) is 5.79.